The summed E-state index contributed by atoms with van der Waals surface area (Å²) in [6.07, 6.45) is 5.70. The van der Waals surface area contributed by atoms with Gasteiger partial charge >= 0.3 is 0 Å². The zero-order chi connectivity index (χ0) is 14.4. The number of aromatic nitrogens is 2. The van der Waals surface area contributed by atoms with Crippen molar-refractivity contribution in [3.05, 3.63) is 10.9 Å². The molecule has 0 aromatic carbocycles. The molecule has 0 spiro atoms. The van der Waals surface area contributed by atoms with Crippen LogP contribution in [0.1, 0.15) is 30.6 Å². The topological polar surface area (TPSA) is 75.9 Å². The molecular weight excluding hydrogens is 282 g/mol. The summed E-state index contributed by atoms with van der Waals surface area (Å²) in [6.45, 7) is 3.12. The van der Waals surface area contributed by atoms with Crippen LogP contribution in [0.15, 0.2) is 6.07 Å². The van der Waals surface area contributed by atoms with Gasteiger partial charge in [-0.3, -0.25) is 5.43 Å². The number of nitrogen functional groups attached to an aromatic ring is 1. The van der Waals surface area contributed by atoms with Crippen molar-refractivity contribution < 1.29 is 0 Å². The van der Waals surface area contributed by atoms with Gasteiger partial charge in [0.1, 0.15) is 10.6 Å². The van der Waals surface area contributed by atoms with Crippen molar-refractivity contribution in [1.82, 2.24) is 9.97 Å². The normalized spacial score (nSPS) is 27.4. The van der Waals surface area contributed by atoms with Crippen LogP contribution >= 0.6 is 11.3 Å². The van der Waals surface area contributed by atoms with E-state index in [4.69, 9.17) is 5.84 Å². The number of nitrogens with one attached hydrogen (secondary N) is 2. The van der Waals surface area contributed by atoms with Gasteiger partial charge in [0, 0.05) is 11.4 Å². The quantitative estimate of drug-likeness (QED) is 0.597. The van der Waals surface area contributed by atoms with Gasteiger partial charge in [0.25, 0.3) is 0 Å². The van der Waals surface area contributed by atoms with Gasteiger partial charge < -0.3 is 5.32 Å². The third-order valence-electron chi connectivity index (χ3n) is 5.06. The molecule has 0 saturated heterocycles. The van der Waals surface area contributed by atoms with Gasteiger partial charge in [0.15, 0.2) is 0 Å². The highest BCUT2D eigenvalue weighted by molar-refractivity contribution is 7.18. The third kappa shape index (κ3) is 2.36. The Morgan fingerprint density at radius 2 is 2.24 bits per heavy atom. The molecule has 2 fully saturated rings. The summed E-state index contributed by atoms with van der Waals surface area (Å²) in [5, 5.41) is 4.67. The lowest BCUT2D eigenvalue weighted by Gasteiger charge is -2.22. The fourth-order valence-electron chi connectivity index (χ4n) is 4.10. The molecule has 5 nitrogen and oxygen atoms in total. The first-order valence-electron chi connectivity index (χ1n) is 7.71. The van der Waals surface area contributed by atoms with E-state index in [9.17, 15) is 0 Å². The summed E-state index contributed by atoms with van der Waals surface area (Å²) in [6, 6.07) is 2.16. The van der Waals surface area contributed by atoms with Crippen molar-refractivity contribution in [2.24, 2.45) is 23.6 Å². The van der Waals surface area contributed by atoms with Crippen LogP contribution in [0.3, 0.4) is 0 Å². The van der Waals surface area contributed by atoms with Gasteiger partial charge in [-0.15, -0.1) is 11.3 Å². The van der Waals surface area contributed by atoms with Crippen LogP contribution in [0.25, 0.3) is 10.2 Å². The number of hydrazine groups is 1. The van der Waals surface area contributed by atoms with Gasteiger partial charge in [-0.25, -0.2) is 10.8 Å². The molecule has 112 valence electrons. The highest BCUT2D eigenvalue weighted by atomic mass is 32.1. The Bertz CT molecular complexity index is 667. The van der Waals surface area contributed by atoms with Crippen molar-refractivity contribution in [1.29, 1.82) is 0 Å². The predicted molar refractivity (Wildman–Crippen MR) is 87.4 cm³/mol. The summed E-state index contributed by atoms with van der Waals surface area (Å²) >= 11 is 1.68. The lowest BCUT2D eigenvalue weighted by Crippen LogP contribution is -2.21. The second-order valence-electron chi connectivity index (χ2n) is 6.43. The zero-order valence-corrected chi connectivity index (χ0v) is 13.0. The monoisotopic (exact) mass is 303 g/mol. The summed E-state index contributed by atoms with van der Waals surface area (Å²) in [4.78, 5) is 11.2. The summed E-state index contributed by atoms with van der Waals surface area (Å²) in [5.41, 5.74) is 2.57. The Balaban J connectivity index is 1.57. The van der Waals surface area contributed by atoms with E-state index in [0.29, 0.717) is 5.95 Å². The number of anilines is 2. The minimum absolute atomic E-state index is 0.486. The van der Waals surface area contributed by atoms with Crippen molar-refractivity contribution in [3.63, 3.8) is 0 Å². The molecule has 2 aliphatic carbocycles. The van der Waals surface area contributed by atoms with Crippen LogP contribution in [-0.4, -0.2) is 16.5 Å². The molecule has 4 rings (SSSR count). The van der Waals surface area contributed by atoms with Gasteiger partial charge in [-0.1, -0.05) is 6.42 Å². The average molecular weight is 303 g/mol. The standard InChI is InChI=1S/C15H21N5S/c1-8-4-12-13(18-15(20-16)19-14(12)21-8)17-7-11-6-9-2-3-10(11)5-9/h4,9-11H,2-3,5-7,16H2,1H3,(H2,17,18,19,20). The lowest BCUT2D eigenvalue weighted by atomic mass is 9.89. The van der Waals surface area contributed by atoms with E-state index in [2.05, 4.69) is 33.7 Å². The number of rotatable bonds is 4. The Kier molecular flexibility index (Phi) is 3.23. The van der Waals surface area contributed by atoms with Crippen LogP contribution in [0.4, 0.5) is 11.8 Å². The molecular formula is C15H21N5S. The Labute approximate surface area is 128 Å². The van der Waals surface area contributed by atoms with E-state index in [-0.39, 0.29) is 0 Å². The first-order valence-corrected chi connectivity index (χ1v) is 8.53. The summed E-state index contributed by atoms with van der Waals surface area (Å²) < 4.78 is 0. The highest BCUT2D eigenvalue weighted by Crippen LogP contribution is 2.48. The molecule has 2 bridgehead atoms. The van der Waals surface area contributed by atoms with Crippen LogP contribution < -0.4 is 16.6 Å². The van der Waals surface area contributed by atoms with Crippen molar-refractivity contribution in [2.75, 3.05) is 17.3 Å². The molecule has 21 heavy (non-hydrogen) atoms. The number of nitrogens with two attached hydrogens (primary N) is 1. The fourth-order valence-corrected chi connectivity index (χ4v) is 4.97. The van der Waals surface area contributed by atoms with E-state index in [1.54, 1.807) is 11.3 Å². The predicted octanol–water partition coefficient (Wildman–Crippen LogP) is 3.13. The van der Waals surface area contributed by atoms with Crippen molar-refractivity contribution in [2.45, 2.75) is 32.6 Å². The number of hydrogen-bond acceptors (Lipinski definition) is 6. The maximum Gasteiger partial charge on any atom is 0.240 e. The lowest BCUT2D eigenvalue weighted by molar-refractivity contribution is 0.348. The molecule has 6 heteroatoms. The largest absolute Gasteiger partial charge is 0.369 e. The molecule has 2 heterocycles. The molecule has 2 aromatic rings. The van der Waals surface area contributed by atoms with Gasteiger partial charge in [0.2, 0.25) is 5.95 Å². The van der Waals surface area contributed by atoms with Crippen molar-refractivity contribution in [3.8, 4) is 0 Å². The molecule has 3 unspecified atom stereocenters. The molecule has 2 saturated carbocycles. The van der Waals surface area contributed by atoms with E-state index in [0.717, 1.165) is 40.3 Å². The second kappa shape index (κ2) is 5.10. The summed E-state index contributed by atoms with van der Waals surface area (Å²) in [5.74, 6) is 9.61. The fraction of sp³-hybridized carbons (Fsp3) is 0.600. The molecule has 0 aliphatic heterocycles. The second-order valence-corrected chi connectivity index (χ2v) is 7.67. The maximum absolute atomic E-state index is 5.49. The molecule has 3 atom stereocenters. The van der Waals surface area contributed by atoms with Gasteiger partial charge in [-0.05, 0) is 50.0 Å². The number of fused-ring (bicyclic) bond motifs is 3. The molecule has 2 aliphatic rings. The number of thiophene rings is 1. The average Bonchev–Trinajstić information content (AvgIpc) is 3.18. The molecule has 0 radical (unpaired) electrons. The molecule has 0 amide bonds. The molecule has 4 N–H and O–H groups in total. The molecule has 2 aromatic heterocycles. The summed E-state index contributed by atoms with van der Waals surface area (Å²) in [7, 11) is 0. The van der Waals surface area contributed by atoms with Crippen LogP contribution in [0.2, 0.25) is 0 Å². The van der Waals surface area contributed by atoms with Crippen molar-refractivity contribution >= 4 is 33.3 Å². The van der Waals surface area contributed by atoms with Gasteiger partial charge in [-0.2, -0.15) is 4.98 Å². The zero-order valence-electron chi connectivity index (χ0n) is 12.2. The highest BCUT2D eigenvalue weighted by Gasteiger charge is 2.39. The van der Waals surface area contributed by atoms with Crippen LogP contribution in [0.5, 0.6) is 0 Å². The van der Waals surface area contributed by atoms with E-state index in [1.165, 1.54) is 30.6 Å². The van der Waals surface area contributed by atoms with E-state index in [1.807, 2.05) is 0 Å². The Morgan fingerprint density at radius 1 is 1.33 bits per heavy atom. The Hall–Kier alpha value is -1.40. The minimum atomic E-state index is 0.486. The minimum Gasteiger partial charge on any atom is -0.369 e. The van der Waals surface area contributed by atoms with Crippen LogP contribution in [0, 0.1) is 24.7 Å². The number of nitrogens with zero attached hydrogens (tertiary/aromatic N) is 2. The van der Waals surface area contributed by atoms with E-state index < -0.39 is 0 Å². The maximum atomic E-state index is 5.49. The van der Waals surface area contributed by atoms with Crippen LogP contribution in [-0.2, 0) is 0 Å². The number of hydrogen-bond donors (Lipinski definition) is 3. The van der Waals surface area contributed by atoms with Gasteiger partial charge in [0.05, 0.1) is 5.39 Å². The first-order chi connectivity index (χ1) is 10.2. The SMILES string of the molecule is Cc1cc2c(NCC3CC4CCC3C4)nc(NN)nc2s1. The number of aryl methyl sites for hydroxylation is 1. The first kappa shape index (κ1) is 13.3. The smallest absolute Gasteiger partial charge is 0.240 e. The Morgan fingerprint density at radius 3 is 2.95 bits per heavy atom. The van der Waals surface area contributed by atoms with E-state index >= 15 is 0 Å². The third-order valence-corrected chi connectivity index (χ3v) is 6.01.